The molecule has 1 saturated heterocycles. The first-order valence-electron chi connectivity index (χ1n) is 8.25. The second kappa shape index (κ2) is 6.59. The van der Waals surface area contributed by atoms with Gasteiger partial charge in [0.15, 0.2) is 0 Å². The van der Waals surface area contributed by atoms with Crippen molar-refractivity contribution >= 4 is 5.91 Å². The fraction of sp³-hybridized carbons (Fsp3) is 0.611. The number of aryl methyl sites for hydroxylation is 1. The molecule has 1 aromatic rings. The van der Waals surface area contributed by atoms with Gasteiger partial charge in [-0.1, -0.05) is 24.3 Å². The largest absolute Gasteiger partial charge is 0.382 e. The Labute approximate surface area is 138 Å². The van der Waals surface area contributed by atoms with Gasteiger partial charge >= 0.3 is 0 Å². The molecule has 3 rings (SSSR count). The highest BCUT2D eigenvalue weighted by atomic mass is 16.5. The van der Waals surface area contributed by atoms with E-state index in [1.54, 1.807) is 7.11 Å². The maximum Gasteiger partial charge on any atom is 0.247 e. The van der Waals surface area contributed by atoms with Crippen molar-refractivity contribution in [1.82, 2.24) is 9.80 Å². The number of fused-ring (bicyclic) bond motifs is 1. The molecule has 0 saturated carbocycles. The van der Waals surface area contributed by atoms with E-state index in [0.29, 0.717) is 26.3 Å². The smallest absolute Gasteiger partial charge is 0.247 e. The van der Waals surface area contributed by atoms with Crippen LogP contribution in [0.4, 0.5) is 0 Å². The number of rotatable bonds is 4. The van der Waals surface area contributed by atoms with E-state index in [1.165, 1.54) is 5.56 Å². The summed E-state index contributed by atoms with van der Waals surface area (Å²) in [5, 5.41) is 0. The molecule has 0 radical (unpaired) electrons. The van der Waals surface area contributed by atoms with Crippen LogP contribution >= 0.6 is 0 Å². The van der Waals surface area contributed by atoms with Gasteiger partial charge in [0, 0.05) is 20.2 Å². The van der Waals surface area contributed by atoms with E-state index in [4.69, 9.17) is 9.47 Å². The van der Waals surface area contributed by atoms with E-state index in [9.17, 15) is 4.79 Å². The van der Waals surface area contributed by atoms with Gasteiger partial charge in [-0.25, -0.2) is 0 Å². The Balaban J connectivity index is 1.89. The van der Waals surface area contributed by atoms with Crippen LogP contribution < -0.4 is 0 Å². The second-order valence-corrected chi connectivity index (χ2v) is 6.61. The van der Waals surface area contributed by atoms with Crippen LogP contribution in [0.3, 0.4) is 0 Å². The van der Waals surface area contributed by atoms with Gasteiger partial charge < -0.3 is 14.4 Å². The maximum atomic E-state index is 13.5. The third kappa shape index (κ3) is 2.77. The zero-order valence-corrected chi connectivity index (χ0v) is 14.2. The molecule has 2 aliphatic rings. The van der Waals surface area contributed by atoms with E-state index >= 15 is 0 Å². The average Bonchev–Trinajstić information content (AvgIpc) is 2.95. The quantitative estimate of drug-likeness (QED) is 0.838. The summed E-state index contributed by atoms with van der Waals surface area (Å²) in [5.41, 5.74) is 1.90. The van der Waals surface area contributed by atoms with Crippen LogP contribution in [0.15, 0.2) is 24.3 Å². The number of hydrogen-bond donors (Lipinski definition) is 0. The van der Waals surface area contributed by atoms with Crippen molar-refractivity contribution < 1.29 is 14.3 Å². The first-order chi connectivity index (χ1) is 11.1. The number of likely N-dealkylation sites (N-methyl/N-ethyl adjacent to an activating group) is 1. The van der Waals surface area contributed by atoms with Gasteiger partial charge in [0.25, 0.3) is 0 Å². The van der Waals surface area contributed by atoms with Crippen molar-refractivity contribution in [2.45, 2.75) is 24.5 Å². The summed E-state index contributed by atoms with van der Waals surface area (Å²) in [4.78, 5) is 17.5. The molecule has 1 aliphatic carbocycles. The third-order valence-corrected chi connectivity index (χ3v) is 5.11. The number of ether oxygens (including phenoxy) is 2. The van der Waals surface area contributed by atoms with Crippen molar-refractivity contribution in [1.29, 1.82) is 0 Å². The van der Waals surface area contributed by atoms with Gasteiger partial charge in [-0.2, -0.15) is 0 Å². The Morgan fingerprint density at radius 3 is 2.96 bits per heavy atom. The lowest BCUT2D eigenvalue weighted by Crippen LogP contribution is -2.58. The van der Waals surface area contributed by atoms with Crippen molar-refractivity contribution in [3.63, 3.8) is 0 Å². The highest BCUT2D eigenvalue weighted by molar-refractivity contribution is 5.89. The standard InChI is InChI=1S/C18H26N2O3/c1-19(2)18(9-8-14-6-4-5-7-16(14)18)17(21)20-10-11-23-15(12-20)13-22-3/h4-7,15H,8-13H2,1-3H3. The molecule has 0 aromatic heterocycles. The van der Waals surface area contributed by atoms with E-state index < -0.39 is 5.54 Å². The Kier molecular flexibility index (Phi) is 4.71. The van der Waals surface area contributed by atoms with Crippen LogP contribution in [0.1, 0.15) is 17.5 Å². The molecule has 5 heteroatoms. The molecule has 2 atom stereocenters. The van der Waals surface area contributed by atoms with E-state index in [0.717, 1.165) is 18.4 Å². The van der Waals surface area contributed by atoms with Crippen molar-refractivity contribution in [3.05, 3.63) is 35.4 Å². The summed E-state index contributed by atoms with van der Waals surface area (Å²) in [6, 6.07) is 8.33. The minimum Gasteiger partial charge on any atom is -0.382 e. The van der Waals surface area contributed by atoms with Gasteiger partial charge in [0.1, 0.15) is 5.54 Å². The van der Waals surface area contributed by atoms with Gasteiger partial charge in [-0.05, 0) is 38.1 Å². The highest BCUT2D eigenvalue weighted by Crippen LogP contribution is 2.42. The SMILES string of the molecule is COCC1CN(C(=O)C2(N(C)C)CCc3ccccc32)CCO1. The second-order valence-electron chi connectivity index (χ2n) is 6.61. The number of nitrogens with zero attached hydrogens (tertiary/aromatic N) is 2. The number of methoxy groups -OCH3 is 1. The molecule has 0 N–H and O–H groups in total. The van der Waals surface area contributed by atoms with Gasteiger partial charge in [0.05, 0.1) is 19.3 Å². The fourth-order valence-corrected chi connectivity index (χ4v) is 3.92. The van der Waals surface area contributed by atoms with Crippen LogP contribution in [-0.2, 0) is 26.2 Å². The first kappa shape index (κ1) is 16.4. The molecule has 0 bridgehead atoms. The highest BCUT2D eigenvalue weighted by Gasteiger charge is 2.49. The monoisotopic (exact) mass is 318 g/mol. The predicted octanol–water partition coefficient (Wildman–Crippen LogP) is 1.26. The van der Waals surface area contributed by atoms with Gasteiger partial charge in [-0.3, -0.25) is 9.69 Å². The van der Waals surface area contributed by atoms with Crippen molar-refractivity contribution in [2.75, 3.05) is 47.5 Å². The molecule has 1 amide bonds. The molecule has 1 fully saturated rings. The molecule has 126 valence electrons. The lowest BCUT2D eigenvalue weighted by Gasteiger charge is -2.42. The van der Waals surface area contributed by atoms with Crippen LogP contribution in [0.25, 0.3) is 0 Å². The third-order valence-electron chi connectivity index (χ3n) is 5.11. The topological polar surface area (TPSA) is 42.0 Å². The number of carbonyl (C=O) groups is 1. The molecular weight excluding hydrogens is 292 g/mol. The Hall–Kier alpha value is -1.43. The lowest BCUT2D eigenvalue weighted by molar-refractivity contribution is -0.153. The van der Waals surface area contributed by atoms with Crippen LogP contribution in [-0.4, -0.2) is 69.3 Å². The molecule has 0 spiro atoms. The van der Waals surface area contributed by atoms with Crippen molar-refractivity contribution in [2.24, 2.45) is 0 Å². The molecule has 1 aromatic carbocycles. The molecular formula is C18H26N2O3. The van der Waals surface area contributed by atoms with E-state index in [2.05, 4.69) is 23.1 Å². The van der Waals surface area contributed by atoms with Gasteiger partial charge in [-0.15, -0.1) is 0 Å². The minimum atomic E-state index is -0.550. The molecule has 5 nitrogen and oxygen atoms in total. The number of hydrogen-bond acceptors (Lipinski definition) is 4. The molecule has 1 heterocycles. The summed E-state index contributed by atoms with van der Waals surface area (Å²) < 4.78 is 10.9. The number of morpholine rings is 1. The molecule has 2 unspecified atom stereocenters. The zero-order chi connectivity index (χ0) is 16.4. The summed E-state index contributed by atoms with van der Waals surface area (Å²) in [6.07, 6.45) is 1.75. The Bertz CT molecular complexity index is 573. The lowest BCUT2D eigenvalue weighted by atomic mass is 9.88. The summed E-state index contributed by atoms with van der Waals surface area (Å²) in [5.74, 6) is 0.192. The number of benzene rings is 1. The molecule has 23 heavy (non-hydrogen) atoms. The van der Waals surface area contributed by atoms with Crippen LogP contribution in [0, 0.1) is 0 Å². The summed E-state index contributed by atoms with van der Waals surface area (Å²) >= 11 is 0. The fourth-order valence-electron chi connectivity index (χ4n) is 3.92. The summed E-state index contributed by atoms with van der Waals surface area (Å²) in [7, 11) is 5.68. The maximum absolute atomic E-state index is 13.5. The zero-order valence-electron chi connectivity index (χ0n) is 14.2. The minimum absolute atomic E-state index is 0.0337. The van der Waals surface area contributed by atoms with Crippen LogP contribution in [0.2, 0.25) is 0 Å². The first-order valence-corrected chi connectivity index (χ1v) is 8.25. The number of amides is 1. The van der Waals surface area contributed by atoms with Crippen LogP contribution in [0.5, 0.6) is 0 Å². The predicted molar refractivity (Wildman–Crippen MR) is 88.3 cm³/mol. The van der Waals surface area contributed by atoms with Crippen molar-refractivity contribution in [3.8, 4) is 0 Å². The van der Waals surface area contributed by atoms with Gasteiger partial charge in [0.2, 0.25) is 5.91 Å². The average molecular weight is 318 g/mol. The summed E-state index contributed by atoms with van der Waals surface area (Å²) in [6.45, 7) is 2.35. The Morgan fingerprint density at radius 2 is 2.22 bits per heavy atom. The van der Waals surface area contributed by atoms with E-state index in [1.807, 2.05) is 25.1 Å². The molecule has 1 aliphatic heterocycles. The normalized spacial score (nSPS) is 27.3. The Morgan fingerprint density at radius 1 is 1.43 bits per heavy atom. The van der Waals surface area contributed by atoms with E-state index in [-0.39, 0.29) is 12.0 Å². The number of carbonyl (C=O) groups excluding carboxylic acids is 1.